The third-order valence-corrected chi connectivity index (χ3v) is 7.74. The molecule has 4 rings (SSSR count). The Bertz CT molecular complexity index is 1320. The first-order valence-electron chi connectivity index (χ1n) is 11.7. The van der Waals surface area contributed by atoms with Crippen molar-refractivity contribution in [3.63, 3.8) is 0 Å². The van der Waals surface area contributed by atoms with Gasteiger partial charge in [-0.2, -0.15) is 5.26 Å². The number of sulfonamides is 1. The number of likely N-dealkylation sites (tertiary alicyclic amines) is 1. The first-order chi connectivity index (χ1) is 17.1. The summed E-state index contributed by atoms with van der Waals surface area (Å²) in [7, 11) is -3.47. The summed E-state index contributed by atoms with van der Waals surface area (Å²) in [6.07, 6.45) is 2.95. The SMILES string of the molecule is CS(=O)(=O)Nc1ccc(N2CCC(C(=O)N3[C@@H](c4ccccc4Cl)CC[C@H]3C(=O)O)CC2)c(C#N)c1. The molecule has 9 nitrogen and oxygen atoms in total. The third kappa shape index (κ3) is 5.42. The number of hydrogen-bond donors (Lipinski definition) is 2. The summed E-state index contributed by atoms with van der Waals surface area (Å²) in [6, 6.07) is 12.8. The monoisotopic (exact) mass is 530 g/mol. The molecule has 2 saturated heterocycles. The number of carbonyl (C=O) groups is 2. The predicted molar refractivity (Wildman–Crippen MR) is 136 cm³/mol. The number of nitrogens with one attached hydrogen (secondary N) is 1. The lowest BCUT2D eigenvalue weighted by atomic mass is 9.93. The van der Waals surface area contributed by atoms with E-state index in [0.717, 1.165) is 11.8 Å². The molecule has 2 aliphatic heterocycles. The average molecular weight is 531 g/mol. The van der Waals surface area contributed by atoms with Crippen LogP contribution in [0.2, 0.25) is 5.02 Å². The van der Waals surface area contributed by atoms with Crippen LogP contribution in [0.25, 0.3) is 0 Å². The van der Waals surface area contributed by atoms with Crippen LogP contribution in [0.1, 0.15) is 42.9 Å². The highest BCUT2D eigenvalue weighted by Gasteiger charge is 2.44. The summed E-state index contributed by atoms with van der Waals surface area (Å²) in [5.74, 6) is -1.54. The number of anilines is 2. The molecule has 2 atom stereocenters. The Labute approximate surface area is 215 Å². The Morgan fingerprint density at radius 3 is 2.42 bits per heavy atom. The molecule has 0 spiro atoms. The molecule has 0 aromatic heterocycles. The van der Waals surface area contributed by atoms with E-state index < -0.39 is 22.0 Å². The van der Waals surface area contributed by atoms with Crippen LogP contribution in [0.5, 0.6) is 0 Å². The van der Waals surface area contributed by atoms with E-state index in [1.54, 1.807) is 24.3 Å². The van der Waals surface area contributed by atoms with Crippen LogP contribution < -0.4 is 9.62 Å². The van der Waals surface area contributed by atoms with Gasteiger partial charge in [-0.1, -0.05) is 29.8 Å². The molecular weight excluding hydrogens is 504 g/mol. The number of nitriles is 1. The summed E-state index contributed by atoms with van der Waals surface area (Å²) in [6.45, 7) is 1.01. The fourth-order valence-corrected chi connectivity index (χ4v) is 5.99. The molecule has 11 heteroatoms. The van der Waals surface area contributed by atoms with Crippen molar-refractivity contribution in [2.24, 2.45) is 5.92 Å². The lowest BCUT2D eigenvalue weighted by Crippen LogP contribution is -2.47. The number of aliphatic carboxylic acids is 1. The van der Waals surface area contributed by atoms with E-state index in [1.807, 2.05) is 17.0 Å². The van der Waals surface area contributed by atoms with Gasteiger partial charge in [0, 0.05) is 29.7 Å². The second kappa shape index (κ2) is 10.4. The van der Waals surface area contributed by atoms with Crippen molar-refractivity contribution in [2.45, 2.75) is 37.8 Å². The van der Waals surface area contributed by atoms with Gasteiger partial charge in [0.1, 0.15) is 12.1 Å². The number of amides is 1. The summed E-state index contributed by atoms with van der Waals surface area (Å²) in [4.78, 5) is 29.1. The third-order valence-electron chi connectivity index (χ3n) is 6.79. The van der Waals surface area contributed by atoms with Crippen molar-refractivity contribution in [1.82, 2.24) is 4.90 Å². The minimum absolute atomic E-state index is 0.183. The van der Waals surface area contributed by atoms with Crippen LogP contribution in [0.4, 0.5) is 11.4 Å². The minimum atomic E-state index is -3.47. The molecule has 190 valence electrons. The number of halogens is 1. The number of rotatable bonds is 6. The molecule has 2 heterocycles. The summed E-state index contributed by atoms with van der Waals surface area (Å²) in [5, 5.41) is 19.9. The smallest absolute Gasteiger partial charge is 0.326 e. The molecule has 1 amide bonds. The van der Waals surface area contributed by atoms with Crippen molar-refractivity contribution in [1.29, 1.82) is 5.26 Å². The van der Waals surface area contributed by atoms with E-state index in [0.29, 0.717) is 60.7 Å². The largest absolute Gasteiger partial charge is 0.480 e. The van der Waals surface area contributed by atoms with E-state index in [-0.39, 0.29) is 17.9 Å². The zero-order valence-corrected chi connectivity index (χ0v) is 21.3. The average Bonchev–Trinajstić information content (AvgIpc) is 3.28. The van der Waals surface area contributed by atoms with Gasteiger partial charge in [-0.05, 0) is 55.5 Å². The number of carboxylic acids is 1. The molecule has 2 aliphatic rings. The van der Waals surface area contributed by atoms with Gasteiger partial charge < -0.3 is 14.9 Å². The molecule has 2 fully saturated rings. The van der Waals surface area contributed by atoms with Crippen molar-refractivity contribution < 1.29 is 23.1 Å². The second-order valence-electron chi connectivity index (χ2n) is 9.19. The maximum Gasteiger partial charge on any atom is 0.326 e. The molecule has 0 radical (unpaired) electrons. The molecule has 2 N–H and O–H groups in total. The lowest BCUT2D eigenvalue weighted by Gasteiger charge is -2.37. The zero-order valence-electron chi connectivity index (χ0n) is 19.7. The lowest BCUT2D eigenvalue weighted by molar-refractivity contribution is -0.152. The Hall–Kier alpha value is -3.29. The van der Waals surface area contributed by atoms with Gasteiger partial charge in [0.15, 0.2) is 0 Å². The zero-order chi connectivity index (χ0) is 26.0. The number of carboxylic acid groups (broad SMARTS) is 1. The molecule has 2 aromatic rings. The molecule has 2 aromatic carbocycles. The topological polar surface area (TPSA) is 131 Å². The van der Waals surface area contributed by atoms with Crippen LogP contribution in [-0.2, 0) is 19.6 Å². The van der Waals surface area contributed by atoms with Gasteiger partial charge in [-0.15, -0.1) is 0 Å². The summed E-state index contributed by atoms with van der Waals surface area (Å²) in [5.41, 5.74) is 2.07. The molecule has 0 aliphatic carbocycles. The van der Waals surface area contributed by atoms with E-state index in [4.69, 9.17) is 11.6 Å². The Balaban J connectivity index is 1.50. The van der Waals surface area contributed by atoms with E-state index in [2.05, 4.69) is 10.8 Å². The standard InChI is InChI=1S/C25H27ClN4O5S/c1-36(34,35)28-18-6-7-21(17(14-18)15-27)29-12-10-16(11-13-29)24(31)30-22(8-9-23(30)25(32)33)19-4-2-3-5-20(19)26/h2-7,14,16,22-23,28H,8-13H2,1H3,(H,32,33)/t22-,23+/m1/s1. The maximum absolute atomic E-state index is 13.6. The van der Waals surface area contributed by atoms with E-state index in [1.165, 1.54) is 11.0 Å². The predicted octanol–water partition coefficient (Wildman–Crippen LogP) is 3.62. The first-order valence-corrected chi connectivity index (χ1v) is 13.9. The van der Waals surface area contributed by atoms with Gasteiger partial charge in [-0.25, -0.2) is 13.2 Å². The number of benzene rings is 2. The highest BCUT2D eigenvalue weighted by atomic mass is 35.5. The minimum Gasteiger partial charge on any atom is -0.480 e. The van der Waals surface area contributed by atoms with Crippen molar-refractivity contribution in [2.75, 3.05) is 29.0 Å². The molecule has 0 saturated carbocycles. The molecule has 0 bridgehead atoms. The highest BCUT2D eigenvalue weighted by molar-refractivity contribution is 7.92. The number of piperidine rings is 1. The van der Waals surface area contributed by atoms with E-state index >= 15 is 0 Å². The van der Waals surface area contributed by atoms with Crippen LogP contribution in [0, 0.1) is 17.2 Å². The molecular formula is C25H27ClN4O5S. The van der Waals surface area contributed by atoms with Crippen molar-refractivity contribution in [3.8, 4) is 6.07 Å². The quantitative estimate of drug-likeness (QED) is 0.583. The molecule has 36 heavy (non-hydrogen) atoms. The van der Waals surface area contributed by atoms with E-state index in [9.17, 15) is 28.4 Å². The number of hydrogen-bond acceptors (Lipinski definition) is 6. The van der Waals surface area contributed by atoms with Crippen LogP contribution >= 0.6 is 11.6 Å². The first kappa shape index (κ1) is 25.8. The fourth-order valence-electron chi connectivity index (χ4n) is 5.17. The van der Waals surface area contributed by atoms with Gasteiger partial charge in [0.2, 0.25) is 15.9 Å². The Morgan fingerprint density at radius 2 is 1.81 bits per heavy atom. The fraction of sp³-hybridized carbons (Fsp3) is 0.400. The summed E-state index contributed by atoms with van der Waals surface area (Å²) >= 11 is 6.39. The Morgan fingerprint density at radius 1 is 1.11 bits per heavy atom. The highest BCUT2D eigenvalue weighted by Crippen LogP contribution is 2.41. The van der Waals surface area contributed by atoms with Gasteiger partial charge in [0.05, 0.1) is 23.5 Å². The molecule has 0 unspecified atom stereocenters. The van der Waals surface area contributed by atoms with Crippen LogP contribution in [0.15, 0.2) is 42.5 Å². The normalized spacial score (nSPS) is 20.7. The van der Waals surface area contributed by atoms with Crippen LogP contribution in [-0.4, -0.2) is 55.7 Å². The van der Waals surface area contributed by atoms with Gasteiger partial charge >= 0.3 is 5.97 Å². The number of nitrogens with zero attached hydrogens (tertiary/aromatic N) is 3. The van der Waals surface area contributed by atoms with Gasteiger partial charge in [0.25, 0.3) is 0 Å². The van der Waals surface area contributed by atoms with Crippen molar-refractivity contribution >= 4 is 44.9 Å². The number of carbonyl (C=O) groups excluding carboxylic acids is 1. The Kier molecular flexibility index (Phi) is 7.43. The second-order valence-corrected chi connectivity index (χ2v) is 11.3. The maximum atomic E-state index is 13.6. The summed E-state index contributed by atoms with van der Waals surface area (Å²) < 4.78 is 25.4. The van der Waals surface area contributed by atoms with Gasteiger partial charge in [-0.3, -0.25) is 9.52 Å². The van der Waals surface area contributed by atoms with Crippen molar-refractivity contribution in [3.05, 3.63) is 58.6 Å². The van der Waals surface area contributed by atoms with Crippen LogP contribution in [0.3, 0.4) is 0 Å².